The summed E-state index contributed by atoms with van der Waals surface area (Å²) >= 11 is 0. The van der Waals surface area contributed by atoms with Crippen LogP contribution in [0.15, 0.2) is 4.52 Å². The Morgan fingerprint density at radius 1 is 1.29 bits per heavy atom. The van der Waals surface area contributed by atoms with Crippen LogP contribution in [-0.4, -0.2) is 56.9 Å². The second-order valence-corrected chi connectivity index (χ2v) is 5.74. The van der Waals surface area contributed by atoms with Crippen LogP contribution in [-0.2, 0) is 16.0 Å². The Hall–Kier alpha value is -1.92. The maximum atomic E-state index is 12.6. The SMILES string of the molecule is Cc1noc(CCN2C(=O)C3CCCCN3C(=O)C2C)n1. The third-order valence-electron chi connectivity index (χ3n) is 4.32. The monoisotopic (exact) mass is 292 g/mol. The van der Waals surface area contributed by atoms with Gasteiger partial charge in [0.15, 0.2) is 5.82 Å². The Bertz CT molecular complexity index is 556. The highest BCUT2D eigenvalue weighted by Crippen LogP contribution is 2.26. The van der Waals surface area contributed by atoms with E-state index in [9.17, 15) is 9.59 Å². The summed E-state index contributed by atoms with van der Waals surface area (Å²) in [5.74, 6) is 1.20. The van der Waals surface area contributed by atoms with Crippen molar-refractivity contribution >= 4 is 11.8 Å². The van der Waals surface area contributed by atoms with Gasteiger partial charge in [-0.25, -0.2) is 0 Å². The van der Waals surface area contributed by atoms with Gasteiger partial charge in [0.25, 0.3) is 0 Å². The van der Waals surface area contributed by atoms with Crippen LogP contribution in [0.4, 0.5) is 0 Å². The Morgan fingerprint density at radius 3 is 2.81 bits per heavy atom. The van der Waals surface area contributed by atoms with E-state index >= 15 is 0 Å². The molecule has 1 aromatic rings. The predicted octanol–water partition coefficient (Wildman–Crippen LogP) is 0.532. The van der Waals surface area contributed by atoms with E-state index in [0.717, 1.165) is 19.3 Å². The van der Waals surface area contributed by atoms with Crippen molar-refractivity contribution in [2.24, 2.45) is 0 Å². The lowest BCUT2D eigenvalue weighted by Crippen LogP contribution is -2.65. The summed E-state index contributed by atoms with van der Waals surface area (Å²) < 4.78 is 5.06. The van der Waals surface area contributed by atoms with Gasteiger partial charge in [0.1, 0.15) is 12.1 Å². The van der Waals surface area contributed by atoms with Gasteiger partial charge < -0.3 is 14.3 Å². The van der Waals surface area contributed by atoms with Crippen molar-refractivity contribution in [2.75, 3.05) is 13.1 Å². The first-order valence-electron chi connectivity index (χ1n) is 7.48. The minimum atomic E-state index is -0.407. The molecule has 7 nitrogen and oxygen atoms in total. The molecule has 2 amide bonds. The van der Waals surface area contributed by atoms with Gasteiger partial charge in [0.2, 0.25) is 17.7 Å². The highest BCUT2D eigenvalue weighted by atomic mass is 16.5. The van der Waals surface area contributed by atoms with Gasteiger partial charge in [0, 0.05) is 19.5 Å². The first kappa shape index (κ1) is 14.0. The molecule has 2 fully saturated rings. The van der Waals surface area contributed by atoms with Crippen molar-refractivity contribution in [3.8, 4) is 0 Å². The molecule has 114 valence electrons. The molecule has 3 rings (SSSR count). The van der Waals surface area contributed by atoms with Crippen molar-refractivity contribution in [1.29, 1.82) is 0 Å². The molecular weight excluding hydrogens is 272 g/mol. The smallest absolute Gasteiger partial charge is 0.246 e. The molecule has 3 heterocycles. The van der Waals surface area contributed by atoms with Gasteiger partial charge in [-0.15, -0.1) is 0 Å². The molecule has 0 spiro atoms. The van der Waals surface area contributed by atoms with E-state index in [1.165, 1.54) is 0 Å². The lowest BCUT2D eigenvalue weighted by molar-refractivity contribution is -0.162. The summed E-state index contributed by atoms with van der Waals surface area (Å²) in [6, 6.07) is -0.678. The van der Waals surface area contributed by atoms with Crippen molar-refractivity contribution < 1.29 is 14.1 Å². The molecule has 2 saturated heterocycles. The zero-order chi connectivity index (χ0) is 15.0. The van der Waals surface area contributed by atoms with Gasteiger partial charge in [-0.3, -0.25) is 9.59 Å². The first-order chi connectivity index (χ1) is 10.1. The molecule has 0 bridgehead atoms. The Morgan fingerprint density at radius 2 is 2.10 bits per heavy atom. The first-order valence-corrected chi connectivity index (χ1v) is 7.48. The Kier molecular flexibility index (Phi) is 3.65. The number of hydrogen-bond donors (Lipinski definition) is 0. The highest BCUT2D eigenvalue weighted by molar-refractivity contribution is 5.96. The molecule has 0 aliphatic carbocycles. The zero-order valence-corrected chi connectivity index (χ0v) is 12.4. The van der Waals surface area contributed by atoms with Crippen molar-refractivity contribution in [3.05, 3.63) is 11.7 Å². The van der Waals surface area contributed by atoms with Gasteiger partial charge in [-0.2, -0.15) is 4.98 Å². The van der Waals surface area contributed by atoms with Crippen LogP contribution >= 0.6 is 0 Å². The standard InChI is InChI=1S/C14H20N4O3/c1-9-13(19)18-7-4-3-5-11(18)14(20)17(9)8-6-12-15-10(2)16-21-12/h9,11H,3-8H2,1-2H3. The minimum absolute atomic E-state index is 0.0537. The molecule has 0 radical (unpaired) electrons. The highest BCUT2D eigenvalue weighted by Gasteiger charge is 2.44. The fourth-order valence-electron chi connectivity index (χ4n) is 3.17. The summed E-state index contributed by atoms with van der Waals surface area (Å²) in [7, 11) is 0. The van der Waals surface area contributed by atoms with Crippen LogP contribution in [0.2, 0.25) is 0 Å². The van der Waals surface area contributed by atoms with Gasteiger partial charge in [-0.05, 0) is 33.1 Å². The van der Waals surface area contributed by atoms with E-state index in [-0.39, 0.29) is 17.9 Å². The van der Waals surface area contributed by atoms with Crippen LogP contribution in [0, 0.1) is 6.92 Å². The van der Waals surface area contributed by atoms with Crippen molar-refractivity contribution in [1.82, 2.24) is 19.9 Å². The fourth-order valence-corrected chi connectivity index (χ4v) is 3.17. The number of amides is 2. The third-order valence-corrected chi connectivity index (χ3v) is 4.32. The van der Waals surface area contributed by atoms with E-state index in [2.05, 4.69) is 10.1 Å². The lowest BCUT2D eigenvalue weighted by atomic mass is 9.95. The molecule has 2 atom stereocenters. The van der Waals surface area contributed by atoms with Gasteiger partial charge in [-0.1, -0.05) is 5.16 Å². The molecule has 0 aromatic carbocycles. The number of piperidine rings is 1. The van der Waals surface area contributed by atoms with E-state index in [4.69, 9.17) is 4.52 Å². The number of rotatable bonds is 3. The molecule has 2 aliphatic heterocycles. The quantitative estimate of drug-likeness (QED) is 0.812. The van der Waals surface area contributed by atoms with Gasteiger partial charge in [0.05, 0.1) is 0 Å². The average molecular weight is 292 g/mol. The summed E-state index contributed by atoms with van der Waals surface area (Å²) in [6.07, 6.45) is 3.25. The number of carbonyl (C=O) groups excluding carboxylic acids is 2. The maximum absolute atomic E-state index is 12.6. The minimum Gasteiger partial charge on any atom is -0.339 e. The fraction of sp³-hybridized carbons (Fsp3) is 0.714. The van der Waals surface area contributed by atoms with Gasteiger partial charge >= 0.3 is 0 Å². The molecule has 1 aromatic heterocycles. The normalized spacial score (nSPS) is 26.2. The average Bonchev–Trinajstić information content (AvgIpc) is 2.90. The molecule has 2 unspecified atom stereocenters. The van der Waals surface area contributed by atoms with E-state index < -0.39 is 6.04 Å². The Labute approximate surface area is 123 Å². The number of piperazine rings is 1. The summed E-state index contributed by atoms with van der Waals surface area (Å²) in [4.78, 5) is 32.6. The molecule has 2 aliphatic rings. The second kappa shape index (κ2) is 5.46. The number of carbonyl (C=O) groups is 2. The largest absolute Gasteiger partial charge is 0.339 e. The Balaban J connectivity index is 1.71. The van der Waals surface area contributed by atoms with Crippen molar-refractivity contribution in [2.45, 2.75) is 51.6 Å². The number of nitrogens with zero attached hydrogens (tertiary/aromatic N) is 4. The molecule has 21 heavy (non-hydrogen) atoms. The third kappa shape index (κ3) is 2.52. The summed E-state index contributed by atoms with van der Waals surface area (Å²) in [5, 5.41) is 3.73. The second-order valence-electron chi connectivity index (χ2n) is 5.74. The lowest BCUT2D eigenvalue weighted by Gasteiger charge is -2.46. The number of aryl methyl sites for hydroxylation is 1. The zero-order valence-electron chi connectivity index (χ0n) is 12.4. The van der Waals surface area contributed by atoms with Crippen molar-refractivity contribution in [3.63, 3.8) is 0 Å². The van der Waals surface area contributed by atoms with Crippen LogP contribution < -0.4 is 0 Å². The van der Waals surface area contributed by atoms with Crippen LogP contribution in [0.1, 0.15) is 37.9 Å². The number of aromatic nitrogens is 2. The number of fused-ring (bicyclic) bond motifs is 1. The summed E-state index contributed by atoms with van der Waals surface area (Å²) in [6.45, 7) is 4.70. The van der Waals surface area contributed by atoms with Crippen LogP contribution in [0.5, 0.6) is 0 Å². The van der Waals surface area contributed by atoms with E-state index in [0.29, 0.717) is 31.2 Å². The van der Waals surface area contributed by atoms with Crippen LogP contribution in [0.3, 0.4) is 0 Å². The molecule has 0 N–H and O–H groups in total. The molecule has 0 saturated carbocycles. The molecule has 7 heteroatoms. The van der Waals surface area contributed by atoms with E-state index in [1.54, 1.807) is 23.6 Å². The number of hydrogen-bond acceptors (Lipinski definition) is 5. The molecular formula is C14H20N4O3. The predicted molar refractivity (Wildman–Crippen MR) is 73.3 cm³/mol. The topological polar surface area (TPSA) is 79.5 Å². The summed E-state index contributed by atoms with van der Waals surface area (Å²) in [5.41, 5.74) is 0. The van der Waals surface area contributed by atoms with E-state index in [1.807, 2.05) is 0 Å². The maximum Gasteiger partial charge on any atom is 0.246 e. The van der Waals surface area contributed by atoms with Crippen LogP contribution in [0.25, 0.3) is 0 Å².